The third-order valence-corrected chi connectivity index (χ3v) is 3.21. The summed E-state index contributed by atoms with van der Waals surface area (Å²) >= 11 is 0. The molecule has 1 heterocycles. The lowest BCUT2D eigenvalue weighted by molar-refractivity contribution is 0.167. The molecule has 0 aliphatic heterocycles. The van der Waals surface area contributed by atoms with E-state index < -0.39 is 0 Å². The highest BCUT2D eigenvalue weighted by Crippen LogP contribution is 2.22. The van der Waals surface area contributed by atoms with Gasteiger partial charge in [0.15, 0.2) is 0 Å². The third kappa shape index (κ3) is 3.43. The van der Waals surface area contributed by atoms with Gasteiger partial charge in [0.2, 0.25) is 0 Å². The van der Waals surface area contributed by atoms with E-state index in [2.05, 4.69) is 10.3 Å². The monoisotopic (exact) mass is 260 g/mol. The Bertz CT molecular complexity index is 543. The molecule has 2 aromatic rings. The number of hydrogen-bond donors (Lipinski definition) is 2. The molecular weight excluding hydrogens is 240 g/mol. The van der Waals surface area contributed by atoms with Gasteiger partial charge in [-0.2, -0.15) is 0 Å². The van der Waals surface area contributed by atoms with E-state index in [1.54, 1.807) is 7.11 Å². The molecule has 102 valence electrons. The molecule has 19 heavy (non-hydrogen) atoms. The van der Waals surface area contributed by atoms with Gasteiger partial charge < -0.3 is 15.2 Å². The van der Waals surface area contributed by atoms with Gasteiger partial charge in [0.25, 0.3) is 0 Å². The summed E-state index contributed by atoms with van der Waals surface area (Å²) in [6.45, 7) is 3.28. The first-order chi connectivity index (χ1) is 9.24. The van der Waals surface area contributed by atoms with Gasteiger partial charge >= 0.3 is 0 Å². The molecular formula is C15H20N2O2. The average Bonchev–Trinajstić information content (AvgIpc) is 2.46. The summed E-state index contributed by atoms with van der Waals surface area (Å²) < 4.78 is 5.25. The fourth-order valence-electron chi connectivity index (χ4n) is 1.98. The number of benzene rings is 1. The number of aliphatic hydroxyl groups excluding tert-OH is 1. The van der Waals surface area contributed by atoms with Gasteiger partial charge in [-0.25, -0.2) is 0 Å². The van der Waals surface area contributed by atoms with Crippen LogP contribution in [-0.4, -0.2) is 29.8 Å². The molecule has 4 nitrogen and oxygen atoms in total. The molecule has 0 bridgehead atoms. The second-order valence-corrected chi connectivity index (χ2v) is 4.55. The number of fused-ring (bicyclic) bond motifs is 1. The number of rotatable bonds is 6. The number of nitrogens with one attached hydrogen (secondary N) is 1. The number of pyridine rings is 1. The maximum Gasteiger partial charge on any atom is 0.119 e. The summed E-state index contributed by atoms with van der Waals surface area (Å²) in [6, 6.07) is 7.86. The zero-order chi connectivity index (χ0) is 13.7. The highest BCUT2D eigenvalue weighted by molar-refractivity contribution is 5.83. The van der Waals surface area contributed by atoms with Crippen molar-refractivity contribution in [1.82, 2.24) is 10.3 Å². The van der Waals surface area contributed by atoms with Crippen LogP contribution in [0.15, 0.2) is 30.5 Å². The Hall–Kier alpha value is -1.65. The minimum atomic E-state index is -0.289. The van der Waals surface area contributed by atoms with Crippen molar-refractivity contribution in [2.45, 2.75) is 26.0 Å². The average molecular weight is 260 g/mol. The number of aromatic nitrogens is 1. The van der Waals surface area contributed by atoms with E-state index in [1.165, 1.54) is 0 Å². The first kappa shape index (κ1) is 13.8. The van der Waals surface area contributed by atoms with Crippen molar-refractivity contribution in [1.29, 1.82) is 0 Å². The lowest BCUT2D eigenvalue weighted by Crippen LogP contribution is -2.25. The van der Waals surface area contributed by atoms with Gasteiger partial charge in [-0.15, -0.1) is 0 Å². The molecule has 0 radical (unpaired) electrons. The highest BCUT2D eigenvalue weighted by Gasteiger charge is 2.05. The molecule has 4 heteroatoms. The zero-order valence-corrected chi connectivity index (χ0v) is 11.4. The predicted octanol–water partition coefficient (Wildman–Crippen LogP) is 2.10. The Labute approximate surface area is 113 Å². The fraction of sp³-hybridized carbons (Fsp3) is 0.400. The standard InChI is InChI=1S/C15H20N2O2/c1-3-12(18)10-16-9-11-6-7-17-15-5-4-13(19-2)8-14(11)15/h4-8,12,16,18H,3,9-10H2,1-2H3. The van der Waals surface area contributed by atoms with Crippen molar-refractivity contribution in [2.75, 3.05) is 13.7 Å². The van der Waals surface area contributed by atoms with Gasteiger partial charge in [-0.1, -0.05) is 6.92 Å². The fourth-order valence-corrected chi connectivity index (χ4v) is 1.98. The van der Waals surface area contributed by atoms with E-state index in [4.69, 9.17) is 4.74 Å². The molecule has 0 spiro atoms. The predicted molar refractivity (Wildman–Crippen MR) is 76.3 cm³/mol. The molecule has 0 fully saturated rings. The van der Waals surface area contributed by atoms with Crippen LogP contribution in [0, 0.1) is 0 Å². The normalized spacial score (nSPS) is 12.6. The second kappa shape index (κ2) is 6.50. The number of aliphatic hydroxyl groups is 1. The van der Waals surface area contributed by atoms with Gasteiger partial charge in [0.1, 0.15) is 5.75 Å². The summed E-state index contributed by atoms with van der Waals surface area (Å²) in [4.78, 5) is 4.34. The van der Waals surface area contributed by atoms with Crippen LogP contribution >= 0.6 is 0 Å². The van der Waals surface area contributed by atoms with E-state index in [0.717, 1.165) is 28.6 Å². The van der Waals surface area contributed by atoms with E-state index >= 15 is 0 Å². The van der Waals surface area contributed by atoms with Crippen LogP contribution < -0.4 is 10.1 Å². The SMILES string of the molecule is CCC(O)CNCc1ccnc2ccc(OC)cc12. The quantitative estimate of drug-likeness (QED) is 0.835. The minimum absolute atomic E-state index is 0.289. The number of nitrogens with zero attached hydrogens (tertiary/aromatic N) is 1. The Balaban J connectivity index is 2.17. The number of hydrogen-bond acceptors (Lipinski definition) is 4. The van der Waals surface area contributed by atoms with Gasteiger partial charge in [-0.05, 0) is 36.2 Å². The first-order valence-electron chi connectivity index (χ1n) is 6.55. The lowest BCUT2D eigenvalue weighted by atomic mass is 10.1. The minimum Gasteiger partial charge on any atom is -0.497 e. The summed E-state index contributed by atoms with van der Waals surface area (Å²) in [5.74, 6) is 0.829. The summed E-state index contributed by atoms with van der Waals surface area (Å²) in [7, 11) is 1.66. The lowest BCUT2D eigenvalue weighted by Gasteiger charge is -2.11. The molecule has 0 aliphatic carbocycles. The number of methoxy groups -OCH3 is 1. The van der Waals surface area contributed by atoms with Crippen molar-refractivity contribution in [3.63, 3.8) is 0 Å². The van der Waals surface area contributed by atoms with Gasteiger partial charge in [0, 0.05) is 24.7 Å². The molecule has 1 unspecified atom stereocenters. The topological polar surface area (TPSA) is 54.4 Å². The molecule has 2 rings (SSSR count). The third-order valence-electron chi connectivity index (χ3n) is 3.21. The van der Waals surface area contributed by atoms with Crippen molar-refractivity contribution in [2.24, 2.45) is 0 Å². The van der Waals surface area contributed by atoms with E-state index in [-0.39, 0.29) is 6.10 Å². The molecule has 0 saturated heterocycles. The van der Waals surface area contributed by atoms with Crippen molar-refractivity contribution < 1.29 is 9.84 Å². The van der Waals surface area contributed by atoms with Crippen molar-refractivity contribution in [3.05, 3.63) is 36.0 Å². The van der Waals surface area contributed by atoms with Crippen molar-refractivity contribution >= 4 is 10.9 Å². The second-order valence-electron chi connectivity index (χ2n) is 4.55. The zero-order valence-electron chi connectivity index (χ0n) is 11.4. The van der Waals surface area contributed by atoms with Gasteiger partial charge in [-0.3, -0.25) is 4.98 Å². The van der Waals surface area contributed by atoms with Crippen molar-refractivity contribution in [3.8, 4) is 5.75 Å². The first-order valence-corrected chi connectivity index (χ1v) is 6.55. The number of ether oxygens (including phenoxy) is 1. The van der Waals surface area contributed by atoms with Crippen LogP contribution in [0.2, 0.25) is 0 Å². The Morgan fingerprint density at radius 2 is 2.21 bits per heavy atom. The molecule has 1 aromatic carbocycles. The highest BCUT2D eigenvalue weighted by atomic mass is 16.5. The summed E-state index contributed by atoms with van der Waals surface area (Å²) in [5.41, 5.74) is 2.11. The molecule has 0 amide bonds. The Morgan fingerprint density at radius 3 is 2.95 bits per heavy atom. The van der Waals surface area contributed by atoms with Crippen LogP contribution in [0.5, 0.6) is 5.75 Å². The molecule has 2 N–H and O–H groups in total. The maximum atomic E-state index is 9.54. The molecule has 0 saturated carbocycles. The van der Waals surface area contributed by atoms with Crippen LogP contribution in [0.1, 0.15) is 18.9 Å². The van der Waals surface area contributed by atoms with E-state index in [9.17, 15) is 5.11 Å². The Kier molecular flexibility index (Phi) is 4.71. The van der Waals surface area contributed by atoms with Crippen LogP contribution in [-0.2, 0) is 6.54 Å². The summed E-state index contributed by atoms with van der Waals surface area (Å²) in [5, 5.41) is 13.9. The van der Waals surface area contributed by atoms with Crippen LogP contribution in [0.4, 0.5) is 0 Å². The largest absolute Gasteiger partial charge is 0.497 e. The smallest absolute Gasteiger partial charge is 0.119 e. The summed E-state index contributed by atoms with van der Waals surface area (Å²) in [6.07, 6.45) is 2.28. The molecule has 0 aliphatic rings. The van der Waals surface area contributed by atoms with E-state index in [1.807, 2.05) is 37.4 Å². The van der Waals surface area contributed by atoms with Gasteiger partial charge in [0.05, 0.1) is 18.7 Å². The van der Waals surface area contributed by atoms with Crippen LogP contribution in [0.25, 0.3) is 10.9 Å². The van der Waals surface area contributed by atoms with E-state index in [0.29, 0.717) is 13.1 Å². The molecule has 1 atom stereocenters. The molecule has 1 aromatic heterocycles. The maximum absolute atomic E-state index is 9.54. The van der Waals surface area contributed by atoms with Crippen LogP contribution in [0.3, 0.4) is 0 Å². The Morgan fingerprint density at radius 1 is 1.37 bits per heavy atom.